The van der Waals surface area contributed by atoms with E-state index in [1.54, 1.807) is 30.3 Å². The summed E-state index contributed by atoms with van der Waals surface area (Å²) in [6, 6.07) is 10.2. The lowest BCUT2D eigenvalue weighted by atomic mass is 10.3. The first-order chi connectivity index (χ1) is 11.2. The maximum Gasteiger partial charge on any atom is 0.339 e. The minimum absolute atomic E-state index is 0.0351. The van der Waals surface area contributed by atoms with Crippen LogP contribution in [0, 0.1) is 0 Å². The van der Waals surface area contributed by atoms with Gasteiger partial charge in [-0.1, -0.05) is 12.1 Å². The third-order valence-electron chi connectivity index (χ3n) is 3.49. The van der Waals surface area contributed by atoms with Crippen LogP contribution in [0.15, 0.2) is 47.4 Å². The monoisotopic (exact) mass is 311 g/mol. The number of carbonyl (C=O) groups is 2. The molecule has 0 spiro atoms. The van der Waals surface area contributed by atoms with Gasteiger partial charge in [0.15, 0.2) is 0 Å². The maximum atomic E-state index is 12.6. The lowest BCUT2D eigenvalue weighted by Gasteiger charge is -2.03. The second kappa shape index (κ2) is 5.88. The number of benzene rings is 1. The van der Waals surface area contributed by atoms with Crippen LogP contribution in [0.25, 0.3) is 16.9 Å². The second-order valence-electron chi connectivity index (χ2n) is 4.78. The molecule has 0 unspecified atom stereocenters. The summed E-state index contributed by atoms with van der Waals surface area (Å²) < 4.78 is 7.40. The van der Waals surface area contributed by atoms with Gasteiger partial charge in [0.05, 0.1) is 30.3 Å². The largest absolute Gasteiger partial charge is 0.465 e. The average molecular weight is 311 g/mol. The highest BCUT2D eigenvalue weighted by Crippen LogP contribution is 2.16. The van der Waals surface area contributed by atoms with Crippen molar-refractivity contribution in [3.05, 3.63) is 58.6 Å². The van der Waals surface area contributed by atoms with Crippen molar-refractivity contribution in [1.29, 1.82) is 0 Å². The first-order valence-corrected chi connectivity index (χ1v) is 6.86. The molecule has 2 aromatic heterocycles. The van der Waals surface area contributed by atoms with Gasteiger partial charge >= 0.3 is 11.7 Å². The number of hydrogen-bond acceptors (Lipinski definition) is 5. The van der Waals surface area contributed by atoms with Crippen LogP contribution in [0.1, 0.15) is 10.4 Å². The molecule has 3 rings (SSSR count). The average Bonchev–Trinajstić information content (AvgIpc) is 2.87. The highest BCUT2D eigenvalue weighted by atomic mass is 16.5. The van der Waals surface area contributed by atoms with Crippen molar-refractivity contribution in [2.75, 3.05) is 7.11 Å². The van der Waals surface area contributed by atoms with Gasteiger partial charge in [-0.15, -0.1) is 0 Å². The fraction of sp³-hybridized carbons (Fsp3) is 0.125. The van der Waals surface area contributed by atoms with Crippen LogP contribution < -0.4 is 5.69 Å². The Bertz CT molecular complexity index is 938. The molecule has 7 heteroatoms. The normalized spacial score (nSPS) is 10.7. The number of pyridine rings is 1. The van der Waals surface area contributed by atoms with Crippen molar-refractivity contribution in [3.63, 3.8) is 0 Å². The minimum atomic E-state index is -0.500. The van der Waals surface area contributed by atoms with E-state index in [-0.39, 0.29) is 12.2 Å². The summed E-state index contributed by atoms with van der Waals surface area (Å²) in [5.41, 5.74) is 1.21. The zero-order chi connectivity index (χ0) is 16.4. The molecular weight excluding hydrogens is 298 g/mol. The molecule has 0 radical (unpaired) electrons. The topological polar surface area (TPSA) is 83.2 Å². The van der Waals surface area contributed by atoms with Gasteiger partial charge in [-0.2, -0.15) is 0 Å². The Balaban J connectivity index is 2.20. The minimum Gasteiger partial charge on any atom is -0.465 e. The van der Waals surface area contributed by atoms with Gasteiger partial charge in [0.25, 0.3) is 0 Å². The summed E-state index contributed by atoms with van der Waals surface area (Å²) in [5, 5.41) is 0. The predicted molar refractivity (Wildman–Crippen MR) is 82.7 cm³/mol. The van der Waals surface area contributed by atoms with Crippen LogP contribution in [0.5, 0.6) is 0 Å². The summed E-state index contributed by atoms with van der Waals surface area (Å²) in [7, 11) is 1.29. The Kier molecular flexibility index (Phi) is 3.76. The number of fused-ring (bicyclic) bond motifs is 1. The van der Waals surface area contributed by atoms with Gasteiger partial charge in [-0.05, 0) is 24.3 Å². The van der Waals surface area contributed by atoms with Gasteiger partial charge in [0.1, 0.15) is 12.1 Å². The smallest absolute Gasteiger partial charge is 0.339 e. The van der Waals surface area contributed by atoms with Crippen molar-refractivity contribution in [1.82, 2.24) is 14.1 Å². The number of aromatic nitrogens is 3. The van der Waals surface area contributed by atoms with Gasteiger partial charge in [-0.25, -0.2) is 19.1 Å². The van der Waals surface area contributed by atoms with Crippen molar-refractivity contribution >= 4 is 23.3 Å². The second-order valence-corrected chi connectivity index (χ2v) is 4.78. The van der Waals surface area contributed by atoms with Crippen LogP contribution >= 0.6 is 0 Å². The lowest BCUT2D eigenvalue weighted by Crippen LogP contribution is -2.24. The molecule has 2 heterocycles. The van der Waals surface area contributed by atoms with E-state index in [9.17, 15) is 14.4 Å². The summed E-state index contributed by atoms with van der Waals surface area (Å²) in [5.74, 6) is -0.136. The Morgan fingerprint density at radius 1 is 1.22 bits per heavy atom. The molecule has 1 aromatic carbocycles. The van der Waals surface area contributed by atoms with Gasteiger partial charge in [0, 0.05) is 6.20 Å². The molecule has 0 bridgehead atoms. The molecule has 0 aliphatic rings. The van der Waals surface area contributed by atoms with E-state index in [2.05, 4.69) is 9.72 Å². The number of methoxy groups -OCH3 is 1. The van der Waals surface area contributed by atoms with E-state index in [4.69, 9.17) is 0 Å². The molecule has 23 heavy (non-hydrogen) atoms. The first-order valence-electron chi connectivity index (χ1n) is 6.86. The van der Waals surface area contributed by atoms with Crippen LogP contribution in [0.2, 0.25) is 0 Å². The summed E-state index contributed by atoms with van der Waals surface area (Å²) in [6.07, 6.45) is 2.02. The Morgan fingerprint density at radius 2 is 1.96 bits per heavy atom. The number of aldehydes is 1. The number of para-hydroxylation sites is 2. The van der Waals surface area contributed by atoms with Gasteiger partial charge in [0.2, 0.25) is 0 Å². The molecule has 0 amide bonds. The fourth-order valence-corrected chi connectivity index (χ4v) is 2.44. The maximum absolute atomic E-state index is 12.6. The third kappa shape index (κ3) is 2.42. The van der Waals surface area contributed by atoms with Crippen LogP contribution in [-0.2, 0) is 16.1 Å². The van der Waals surface area contributed by atoms with Crippen molar-refractivity contribution in [2.24, 2.45) is 0 Å². The number of rotatable bonds is 4. The number of carbonyl (C=O) groups excluding carboxylic acids is 2. The van der Waals surface area contributed by atoms with Crippen LogP contribution in [0.4, 0.5) is 0 Å². The van der Waals surface area contributed by atoms with E-state index in [1.165, 1.54) is 28.5 Å². The predicted octanol–water partition coefficient (Wildman–Crippen LogP) is 1.17. The first kappa shape index (κ1) is 14.7. The fourth-order valence-electron chi connectivity index (χ4n) is 2.44. The van der Waals surface area contributed by atoms with Crippen LogP contribution in [0.3, 0.4) is 0 Å². The summed E-state index contributed by atoms with van der Waals surface area (Å²) >= 11 is 0. The number of esters is 1. The molecule has 0 atom stereocenters. The third-order valence-corrected chi connectivity index (χ3v) is 3.49. The SMILES string of the molecule is COC(=O)c1ccc(-n2c(=O)n(CC=O)c3ccccc32)nc1. The quantitative estimate of drug-likeness (QED) is 0.533. The van der Waals surface area contributed by atoms with Crippen molar-refractivity contribution < 1.29 is 14.3 Å². The number of ether oxygens (including phenoxy) is 1. The van der Waals surface area contributed by atoms with E-state index in [1.807, 2.05) is 0 Å². The molecule has 0 aliphatic heterocycles. The van der Waals surface area contributed by atoms with Gasteiger partial charge in [-0.3, -0.25) is 4.57 Å². The standard InChI is InChI=1S/C16H13N3O4/c1-23-15(21)11-6-7-14(17-10-11)19-13-5-3-2-4-12(13)18(8-9-20)16(19)22/h2-7,9-10H,8H2,1H3. The summed E-state index contributed by atoms with van der Waals surface area (Å²) in [6.45, 7) is -0.0351. The van der Waals surface area contributed by atoms with E-state index < -0.39 is 5.97 Å². The highest BCUT2D eigenvalue weighted by Gasteiger charge is 2.15. The Morgan fingerprint density at radius 3 is 2.57 bits per heavy atom. The molecule has 3 aromatic rings. The van der Waals surface area contributed by atoms with Crippen molar-refractivity contribution in [3.8, 4) is 5.82 Å². The van der Waals surface area contributed by atoms with Crippen molar-refractivity contribution in [2.45, 2.75) is 6.54 Å². The van der Waals surface area contributed by atoms with Crippen LogP contribution in [-0.4, -0.2) is 33.5 Å². The molecule has 0 aliphatic carbocycles. The molecule has 0 N–H and O–H groups in total. The molecule has 0 saturated heterocycles. The van der Waals surface area contributed by atoms with Gasteiger partial charge < -0.3 is 9.53 Å². The number of nitrogens with zero attached hydrogens (tertiary/aromatic N) is 3. The van der Waals surface area contributed by atoms with E-state index in [0.29, 0.717) is 28.7 Å². The summed E-state index contributed by atoms with van der Waals surface area (Å²) in [4.78, 5) is 39.0. The highest BCUT2D eigenvalue weighted by molar-refractivity contribution is 5.89. The molecule has 7 nitrogen and oxygen atoms in total. The molecular formula is C16H13N3O4. The zero-order valence-electron chi connectivity index (χ0n) is 12.3. The number of imidazole rings is 1. The molecule has 116 valence electrons. The molecule has 0 fully saturated rings. The van der Waals surface area contributed by atoms with E-state index in [0.717, 1.165) is 0 Å². The Hall–Kier alpha value is -3.22. The zero-order valence-corrected chi connectivity index (χ0v) is 12.3. The van der Waals surface area contributed by atoms with E-state index >= 15 is 0 Å². The molecule has 0 saturated carbocycles. The number of hydrogen-bond donors (Lipinski definition) is 0. The lowest BCUT2D eigenvalue weighted by molar-refractivity contribution is -0.108. The Labute approximate surface area is 130 Å².